The van der Waals surface area contributed by atoms with Gasteiger partial charge in [0.15, 0.2) is 5.82 Å². The zero-order chi connectivity index (χ0) is 26.6. The number of benzene rings is 3. The smallest absolute Gasteiger partial charge is 0.307 e. The molecule has 7 nitrogen and oxygen atoms in total. The van der Waals surface area contributed by atoms with Crippen LogP contribution < -0.4 is 11.1 Å². The number of nitrogens with one attached hydrogen (secondary N) is 1. The monoisotopic (exact) mass is 513 g/mol. The van der Waals surface area contributed by atoms with Gasteiger partial charge in [-0.05, 0) is 54.7 Å². The van der Waals surface area contributed by atoms with E-state index in [1.165, 1.54) is 0 Å². The van der Waals surface area contributed by atoms with Crippen molar-refractivity contribution < 1.29 is 9.90 Å². The number of para-hydroxylation sites is 1. The van der Waals surface area contributed by atoms with Crippen molar-refractivity contribution in [2.24, 2.45) is 5.73 Å². The Hall–Kier alpha value is -4.75. The van der Waals surface area contributed by atoms with Crippen molar-refractivity contribution in [3.8, 4) is 39.6 Å². The standard InChI is InChI=1S/C32H27N5O2/c33-32(16-4-17-32)23-14-12-22(13-15-23)29-28(21-10-8-20(9-11-21)19-27(38)39)36-31-24-5-1-2-6-25(24)35-30-26(37(29)31)7-3-18-34-30/h1-3,5-15,18H,4,16-17,19,33H2,(H,34,35)(H,38,39). The lowest BCUT2D eigenvalue weighted by Crippen LogP contribution is -2.43. The topological polar surface area (TPSA) is 106 Å². The fourth-order valence-corrected chi connectivity index (χ4v) is 5.65. The van der Waals surface area contributed by atoms with Crippen LogP contribution in [-0.4, -0.2) is 25.6 Å². The first kappa shape index (κ1) is 23.4. The molecule has 192 valence electrons. The van der Waals surface area contributed by atoms with E-state index in [9.17, 15) is 9.90 Å². The van der Waals surface area contributed by atoms with E-state index in [1.54, 1.807) is 6.20 Å². The quantitative estimate of drug-likeness (QED) is 0.250. The predicted molar refractivity (Wildman–Crippen MR) is 152 cm³/mol. The molecule has 7 heteroatoms. The summed E-state index contributed by atoms with van der Waals surface area (Å²) in [6.45, 7) is 0. The molecule has 2 aromatic heterocycles. The molecule has 0 spiro atoms. The summed E-state index contributed by atoms with van der Waals surface area (Å²) in [7, 11) is 0. The Morgan fingerprint density at radius 3 is 2.41 bits per heavy atom. The number of pyridine rings is 1. The van der Waals surface area contributed by atoms with E-state index in [0.29, 0.717) is 0 Å². The first-order valence-corrected chi connectivity index (χ1v) is 13.2. The van der Waals surface area contributed by atoms with Gasteiger partial charge in [0.05, 0.1) is 29.2 Å². The number of nitrogens with zero attached hydrogens (tertiary/aromatic N) is 3. The average Bonchev–Trinajstić information content (AvgIpc) is 3.26. The lowest BCUT2D eigenvalue weighted by Gasteiger charge is -2.38. The Kier molecular flexibility index (Phi) is 5.35. The molecule has 39 heavy (non-hydrogen) atoms. The molecule has 0 atom stereocenters. The summed E-state index contributed by atoms with van der Waals surface area (Å²) in [5, 5.41) is 12.7. The molecule has 0 unspecified atom stereocenters. The van der Waals surface area contributed by atoms with Gasteiger partial charge in [-0.15, -0.1) is 0 Å². The van der Waals surface area contributed by atoms with Crippen LogP contribution in [-0.2, 0) is 16.8 Å². The van der Waals surface area contributed by atoms with Crippen LogP contribution in [0.4, 0.5) is 11.5 Å². The molecule has 3 heterocycles. The second-order valence-corrected chi connectivity index (χ2v) is 10.4. The molecule has 0 saturated heterocycles. The van der Waals surface area contributed by atoms with Gasteiger partial charge in [0.1, 0.15) is 5.82 Å². The number of aliphatic carboxylic acids is 1. The van der Waals surface area contributed by atoms with Gasteiger partial charge in [-0.1, -0.05) is 60.7 Å². The number of rotatable bonds is 5. The number of carbonyl (C=O) groups is 1. The largest absolute Gasteiger partial charge is 0.481 e. The molecule has 0 bridgehead atoms. The Labute approximate surface area is 226 Å². The van der Waals surface area contributed by atoms with Crippen molar-refractivity contribution in [3.63, 3.8) is 0 Å². The maximum atomic E-state index is 11.2. The van der Waals surface area contributed by atoms with Gasteiger partial charge in [0.2, 0.25) is 0 Å². The van der Waals surface area contributed by atoms with E-state index in [0.717, 1.165) is 81.5 Å². The normalized spacial score (nSPS) is 14.7. The van der Waals surface area contributed by atoms with Crippen molar-refractivity contribution in [1.82, 2.24) is 14.5 Å². The summed E-state index contributed by atoms with van der Waals surface area (Å²) in [5.74, 6) is 0.704. The number of carboxylic acid groups (broad SMARTS) is 1. The van der Waals surface area contributed by atoms with E-state index in [4.69, 9.17) is 10.7 Å². The lowest BCUT2D eigenvalue weighted by atomic mass is 9.72. The van der Waals surface area contributed by atoms with Gasteiger partial charge >= 0.3 is 5.97 Å². The van der Waals surface area contributed by atoms with Crippen LogP contribution in [0.25, 0.3) is 39.6 Å². The van der Waals surface area contributed by atoms with Crippen molar-refractivity contribution in [3.05, 3.63) is 102 Å². The highest BCUT2D eigenvalue weighted by Crippen LogP contribution is 2.45. The number of hydrogen-bond acceptors (Lipinski definition) is 5. The third kappa shape index (κ3) is 3.90. The zero-order valence-electron chi connectivity index (χ0n) is 21.3. The highest BCUT2D eigenvalue weighted by molar-refractivity contribution is 5.91. The highest BCUT2D eigenvalue weighted by Gasteiger charge is 2.34. The van der Waals surface area contributed by atoms with Crippen LogP contribution in [0.3, 0.4) is 0 Å². The average molecular weight is 514 g/mol. The molecular formula is C32H27N5O2. The molecule has 1 fully saturated rings. The maximum Gasteiger partial charge on any atom is 0.307 e. The number of fused-ring (bicyclic) bond motifs is 5. The predicted octanol–water partition coefficient (Wildman–Crippen LogP) is 6.29. The van der Waals surface area contributed by atoms with Gasteiger partial charge < -0.3 is 16.2 Å². The van der Waals surface area contributed by atoms with Crippen LogP contribution in [0.1, 0.15) is 30.4 Å². The van der Waals surface area contributed by atoms with E-state index in [1.807, 2.05) is 54.6 Å². The Morgan fingerprint density at radius 2 is 1.69 bits per heavy atom. The number of hydrogen-bond donors (Lipinski definition) is 3. The van der Waals surface area contributed by atoms with Crippen molar-refractivity contribution in [2.75, 3.05) is 5.32 Å². The summed E-state index contributed by atoms with van der Waals surface area (Å²) in [4.78, 5) is 21.2. The first-order chi connectivity index (χ1) is 19.0. The molecule has 5 aromatic rings. The molecule has 1 aliphatic heterocycles. The second kappa shape index (κ2) is 8.92. The first-order valence-electron chi connectivity index (χ1n) is 13.2. The van der Waals surface area contributed by atoms with E-state index in [-0.39, 0.29) is 12.0 Å². The number of imidazole rings is 1. The van der Waals surface area contributed by atoms with Crippen molar-refractivity contribution >= 4 is 17.5 Å². The van der Waals surface area contributed by atoms with Crippen LogP contribution in [0.5, 0.6) is 0 Å². The summed E-state index contributed by atoms with van der Waals surface area (Å²) in [6, 6.07) is 28.3. The summed E-state index contributed by atoms with van der Waals surface area (Å²) >= 11 is 0. The zero-order valence-corrected chi connectivity index (χ0v) is 21.3. The lowest BCUT2D eigenvalue weighted by molar-refractivity contribution is -0.136. The Morgan fingerprint density at radius 1 is 0.949 bits per heavy atom. The van der Waals surface area contributed by atoms with E-state index in [2.05, 4.69) is 45.2 Å². The SMILES string of the molecule is NC1(c2ccc(-c3c(-c4ccc(CC(=O)O)cc4)nc4n3-c3cccnc3Nc3ccccc3-4)cc2)CCC1. The molecule has 0 radical (unpaired) electrons. The fourth-order valence-electron chi connectivity index (χ4n) is 5.65. The van der Waals surface area contributed by atoms with Gasteiger partial charge in [-0.25, -0.2) is 9.97 Å². The van der Waals surface area contributed by atoms with Gasteiger partial charge in [0, 0.05) is 28.4 Å². The van der Waals surface area contributed by atoms with Crippen LogP contribution in [0.2, 0.25) is 0 Å². The molecule has 0 amide bonds. The minimum Gasteiger partial charge on any atom is -0.481 e. The van der Waals surface area contributed by atoms with E-state index >= 15 is 0 Å². The fraction of sp³-hybridized carbons (Fsp3) is 0.156. The third-order valence-electron chi connectivity index (χ3n) is 7.89. The van der Waals surface area contributed by atoms with Crippen LogP contribution >= 0.6 is 0 Å². The van der Waals surface area contributed by atoms with Gasteiger partial charge in [-0.3, -0.25) is 9.36 Å². The van der Waals surface area contributed by atoms with E-state index < -0.39 is 5.97 Å². The van der Waals surface area contributed by atoms with Crippen molar-refractivity contribution in [2.45, 2.75) is 31.2 Å². The molecule has 3 aromatic carbocycles. The van der Waals surface area contributed by atoms with Gasteiger partial charge in [-0.2, -0.15) is 0 Å². The number of nitrogens with two attached hydrogens (primary N) is 1. The van der Waals surface area contributed by atoms with Crippen LogP contribution in [0.15, 0.2) is 91.1 Å². The number of anilines is 2. The molecule has 4 N–H and O–H groups in total. The summed E-state index contributed by atoms with van der Waals surface area (Å²) in [6.07, 6.45) is 4.93. The maximum absolute atomic E-state index is 11.2. The highest BCUT2D eigenvalue weighted by atomic mass is 16.4. The molecule has 7 rings (SSSR count). The van der Waals surface area contributed by atoms with Crippen LogP contribution in [0, 0.1) is 0 Å². The minimum absolute atomic E-state index is 0.0206. The van der Waals surface area contributed by atoms with Crippen molar-refractivity contribution in [1.29, 1.82) is 0 Å². The molecule has 1 saturated carbocycles. The minimum atomic E-state index is -0.852. The Bertz CT molecular complexity index is 1720. The Balaban J connectivity index is 1.48. The molecule has 1 aliphatic carbocycles. The second-order valence-electron chi connectivity index (χ2n) is 10.4. The van der Waals surface area contributed by atoms with Gasteiger partial charge in [0.25, 0.3) is 0 Å². The molecular weight excluding hydrogens is 486 g/mol. The summed E-state index contributed by atoms with van der Waals surface area (Å²) in [5.41, 5.74) is 14.8. The number of carboxylic acids is 1. The summed E-state index contributed by atoms with van der Waals surface area (Å²) < 4.78 is 2.18. The molecule has 2 aliphatic rings. The third-order valence-corrected chi connectivity index (χ3v) is 7.89. The number of aromatic nitrogens is 3.